The quantitative estimate of drug-likeness (QED) is 0.803. The van der Waals surface area contributed by atoms with Gasteiger partial charge in [-0.25, -0.2) is 0 Å². The number of hydrogen-bond acceptors (Lipinski definition) is 5. The molecule has 0 spiro atoms. The Hall–Kier alpha value is -3.22. The van der Waals surface area contributed by atoms with Crippen LogP contribution < -0.4 is 24.8 Å². The molecule has 0 aliphatic heterocycles. The number of amides is 2. The molecule has 0 bridgehead atoms. The molecular weight excluding hydrogens is 324 g/mol. The molecule has 25 heavy (non-hydrogen) atoms. The minimum Gasteiger partial charge on any atom is -0.497 e. The number of nitrogens with one attached hydrogen (secondary N) is 2. The van der Waals surface area contributed by atoms with Crippen LogP contribution >= 0.6 is 0 Å². The third kappa shape index (κ3) is 4.63. The second-order valence-electron chi connectivity index (χ2n) is 5.00. The third-order valence-electron chi connectivity index (χ3n) is 3.42. The van der Waals surface area contributed by atoms with Crippen molar-refractivity contribution in [2.75, 3.05) is 33.2 Å². The molecule has 0 aliphatic rings. The van der Waals surface area contributed by atoms with E-state index >= 15 is 0 Å². The SMILES string of the molecule is COc1cccc(NC(=O)CNC(=O)c2c(OC)cccc2OC)c1. The zero-order valence-corrected chi connectivity index (χ0v) is 14.3. The Morgan fingerprint density at radius 2 is 1.56 bits per heavy atom. The van der Waals surface area contributed by atoms with Crippen molar-refractivity contribution in [1.82, 2.24) is 5.32 Å². The molecule has 0 radical (unpaired) electrons. The summed E-state index contributed by atoms with van der Waals surface area (Å²) in [5.74, 6) is 0.529. The largest absolute Gasteiger partial charge is 0.497 e. The van der Waals surface area contributed by atoms with Gasteiger partial charge < -0.3 is 24.8 Å². The summed E-state index contributed by atoms with van der Waals surface area (Å²) in [6.07, 6.45) is 0. The van der Waals surface area contributed by atoms with E-state index < -0.39 is 5.91 Å². The normalized spacial score (nSPS) is 9.88. The maximum absolute atomic E-state index is 12.4. The molecule has 2 rings (SSSR count). The molecule has 2 amide bonds. The van der Waals surface area contributed by atoms with E-state index in [4.69, 9.17) is 14.2 Å². The molecule has 0 saturated heterocycles. The molecule has 2 N–H and O–H groups in total. The fourth-order valence-electron chi connectivity index (χ4n) is 2.23. The Kier molecular flexibility index (Phi) is 6.22. The van der Waals surface area contributed by atoms with E-state index in [0.29, 0.717) is 22.9 Å². The molecule has 0 atom stereocenters. The van der Waals surface area contributed by atoms with Crippen LogP contribution in [0.5, 0.6) is 17.2 Å². The molecule has 0 heterocycles. The fraction of sp³-hybridized carbons (Fsp3) is 0.222. The summed E-state index contributed by atoms with van der Waals surface area (Å²) in [5.41, 5.74) is 0.815. The smallest absolute Gasteiger partial charge is 0.259 e. The zero-order chi connectivity index (χ0) is 18.2. The van der Waals surface area contributed by atoms with Crippen LogP contribution in [-0.4, -0.2) is 39.7 Å². The van der Waals surface area contributed by atoms with Crippen LogP contribution in [0.1, 0.15) is 10.4 Å². The number of anilines is 1. The molecule has 0 aliphatic carbocycles. The summed E-state index contributed by atoms with van der Waals surface area (Å²) >= 11 is 0. The van der Waals surface area contributed by atoms with Gasteiger partial charge in [0.1, 0.15) is 22.8 Å². The maximum Gasteiger partial charge on any atom is 0.259 e. The zero-order valence-electron chi connectivity index (χ0n) is 14.3. The molecule has 2 aromatic carbocycles. The van der Waals surface area contributed by atoms with Crippen molar-refractivity contribution in [2.45, 2.75) is 0 Å². The first kappa shape index (κ1) is 18.1. The highest BCUT2D eigenvalue weighted by molar-refractivity contribution is 6.02. The van der Waals surface area contributed by atoms with Gasteiger partial charge in [-0.05, 0) is 24.3 Å². The lowest BCUT2D eigenvalue weighted by molar-refractivity contribution is -0.115. The molecule has 0 unspecified atom stereocenters. The second kappa shape index (κ2) is 8.58. The molecule has 0 saturated carbocycles. The highest BCUT2D eigenvalue weighted by Gasteiger charge is 2.18. The summed E-state index contributed by atoms with van der Waals surface area (Å²) < 4.78 is 15.5. The Morgan fingerprint density at radius 3 is 2.16 bits per heavy atom. The number of ether oxygens (including phenoxy) is 3. The minimum absolute atomic E-state index is 0.197. The van der Waals surface area contributed by atoms with Gasteiger partial charge in [0.05, 0.1) is 27.9 Å². The van der Waals surface area contributed by atoms with E-state index in [9.17, 15) is 9.59 Å². The van der Waals surface area contributed by atoms with Crippen LogP contribution in [0.15, 0.2) is 42.5 Å². The first-order valence-corrected chi connectivity index (χ1v) is 7.52. The van der Waals surface area contributed by atoms with Crippen molar-refractivity contribution in [3.63, 3.8) is 0 Å². The molecule has 7 heteroatoms. The van der Waals surface area contributed by atoms with E-state index in [1.54, 1.807) is 49.6 Å². The van der Waals surface area contributed by atoms with Gasteiger partial charge in [-0.3, -0.25) is 9.59 Å². The lowest BCUT2D eigenvalue weighted by atomic mass is 10.1. The van der Waals surface area contributed by atoms with Crippen LogP contribution in [0.25, 0.3) is 0 Å². The summed E-state index contributed by atoms with van der Waals surface area (Å²) in [4.78, 5) is 24.4. The summed E-state index contributed by atoms with van der Waals surface area (Å²) in [7, 11) is 4.46. The Morgan fingerprint density at radius 1 is 0.920 bits per heavy atom. The number of methoxy groups -OCH3 is 3. The summed E-state index contributed by atoms with van der Waals surface area (Å²) in [5, 5.41) is 5.24. The standard InChI is InChI=1S/C18H20N2O5/c1-23-13-7-4-6-12(10-13)20-16(21)11-19-18(22)17-14(24-2)8-5-9-15(17)25-3/h4-10H,11H2,1-3H3,(H,19,22)(H,20,21). The van der Waals surface area contributed by atoms with Crippen molar-refractivity contribution in [3.05, 3.63) is 48.0 Å². The van der Waals surface area contributed by atoms with Gasteiger partial charge in [-0.1, -0.05) is 12.1 Å². The molecule has 132 valence electrons. The second-order valence-corrected chi connectivity index (χ2v) is 5.00. The topological polar surface area (TPSA) is 85.9 Å². The minimum atomic E-state index is -0.463. The van der Waals surface area contributed by atoms with Crippen LogP contribution in [0, 0.1) is 0 Å². The number of carbonyl (C=O) groups excluding carboxylic acids is 2. The van der Waals surface area contributed by atoms with E-state index in [0.717, 1.165) is 0 Å². The predicted octanol–water partition coefficient (Wildman–Crippen LogP) is 2.08. The molecule has 0 aromatic heterocycles. The van der Waals surface area contributed by atoms with Crippen LogP contribution in [0.2, 0.25) is 0 Å². The fourth-order valence-corrected chi connectivity index (χ4v) is 2.23. The van der Waals surface area contributed by atoms with E-state index in [1.165, 1.54) is 14.2 Å². The Balaban J connectivity index is 2.01. The highest BCUT2D eigenvalue weighted by Crippen LogP contribution is 2.27. The highest BCUT2D eigenvalue weighted by atomic mass is 16.5. The maximum atomic E-state index is 12.4. The van der Waals surface area contributed by atoms with Crippen molar-refractivity contribution in [3.8, 4) is 17.2 Å². The molecule has 7 nitrogen and oxygen atoms in total. The van der Waals surface area contributed by atoms with Crippen molar-refractivity contribution < 1.29 is 23.8 Å². The summed E-state index contributed by atoms with van der Waals surface area (Å²) in [6, 6.07) is 11.9. The molecular formula is C18H20N2O5. The van der Waals surface area contributed by atoms with Gasteiger partial charge in [-0.15, -0.1) is 0 Å². The number of hydrogen-bond donors (Lipinski definition) is 2. The van der Waals surface area contributed by atoms with Gasteiger partial charge in [0, 0.05) is 11.8 Å². The van der Waals surface area contributed by atoms with Crippen molar-refractivity contribution >= 4 is 17.5 Å². The van der Waals surface area contributed by atoms with E-state index in [2.05, 4.69) is 10.6 Å². The first-order chi connectivity index (χ1) is 12.1. The molecule has 2 aromatic rings. The van der Waals surface area contributed by atoms with Crippen molar-refractivity contribution in [2.24, 2.45) is 0 Å². The lowest BCUT2D eigenvalue weighted by Gasteiger charge is -2.13. The average molecular weight is 344 g/mol. The van der Waals surface area contributed by atoms with Gasteiger partial charge in [0.25, 0.3) is 5.91 Å². The van der Waals surface area contributed by atoms with Crippen LogP contribution in [-0.2, 0) is 4.79 Å². The van der Waals surface area contributed by atoms with Gasteiger partial charge in [0.15, 0.2) is 0 Å². The van der Waals surface area contributed by atoms with Crippen LogP contribution in [0.3, 0.4) is 0 Å². The monoisotopic (exact) mass is 344 g/mol. The number of benzene rings is 2. The Bertz CT molecular complexity index is 739. The first-order valence-electron chi connectivity index (χ1n) is 7.52. The van der Waals surface area contributed by atoms with E-state index in [1.807, 2.05) is 0 Å². The van der Waals surface area contributed by atoms with Crippen molar-refractivity contribution in [1.29, 1.82) is 0 Å². The predicted molar refractivity (Wildman–Crippen MR) is 93.5 cm³/mol. The summed E-state index contributed by atoms with van der Waals surface area (Å²) in [6.45, 7) is -0.197. The van der Waals surface area contributed by atoms with Gasteiger partial charge in [0.2, 0.25) is 5.91 Å². The third-order valence-corrected chi connectivity index (χ3v) is 3.42. The number of rotatable bonds is 7. The van der Waals surface area contributed by atoms with Gasteiger partial charge in [-0.2, -0.15) is 0 Å². The lowest BCUT2D eigenvalue weighted by Crippen LogP contribution is -2.33. The number of carbonyl (C=O) groups is 2. The van der Waals surface area contributed by atoms with Crippen LogP contribution in [0.4, 0.5) is 5.69 Å². The average Bonchev–Trinajstić information content (AvgIpc) is 2.65. The Labute approximate surface area is 145 Å². The van der Waals surface area contributed by atoms with E-state index in [-0.39, 0.29) is 18.0 Å². The van der Waals surface area contributed by atoms with Gasteiger partial charge >= 0.3 is 0 Å². The molecule has 0 fully saturated rings.